The highest BCUT2D eigenvalue weighted by Gasteiger charge is 1.95. The SMILES string of the molecule is C=N/C=C\C(=C)SC.Cc1csc2ccccc12. The number of rotatable bonds is 3. The smallest absolute Gasteiger partial charge is 0.0345 e. The molecule has 0 fully saturated rings. The molecule has 1 aromatic heterocycles. The van der Waals surface area contributed by atoms with Crippen LogP contribution in [-0.2, 0) is 0 Å². The molecule has 3 heteroatoms. The molecule has 2 rings (SSSR count). The Kier molecular flexibility index (Phi) is 6.47. The van der Waals surface area contributed by atoms with Crippen LogP contribution in [0.15, 0.2) is 58.4 Å². The van der Waals surface area contributed by atoms with Gasteiger partial charge in [-0.15, -0.1) is 23.1 Å². The van der Waals surface area contributed by atoms with E-state index >= 15 is 0 Å². The zero-order chi connectivity index (χ0) is 13.4. The molecule has 0 aliphatic rings. The van der Waals surface area contributed by atoms with Gasteiger partial charge in [0.1, 0.15) is 0 Å². The third-order valence-electron chi connectivity index (χ3n) is 2.30. The van der Waals surface area contributed by atoms with E-state index in [2.05, 4.69) is 54.9 Å². The predicted octanol–water partition coefficient (Wildman–Crippen LogP) is 5.29. The first kappa shape index (κ1) is 14.7. The molecule has 0 amide bonds. The van der Waals surface area contributed by atoms with Crippen molar-refractivity contribution in [2.24, 2.45) is 4.99 Å². The van der Waals surface area contributed by atoms with Crippen molar-refractivity contribution >= 4 is 39.9 Å². The van der Waals surface area contributed by atoms with Crippen LogP contribution in [0.5, 0.6) is 0 Å². The molecule has 1 aromatic carbocycles. The lowest BCUT2D eigenvalue weighted by Crippen LogP contribution is -1.63. The maximum absolute atomic E-state index is 3.70. The quantitative estimate of drug-likeness (QED) is 0.548. The van der Waals surface area contributed by atoms with E-state index in [0.717, 1.165) is 4.91 Å². The molecule has 1 heterocycles. The van der Waals surface area contributed by atoms with Crippen LogP contribution < -0.4 is 0 Å². The average molecular weight is 275 g/mol. The molecule has 0 spiro atoms. The van der Waals surface area contributed by atoms with E-state index in [1.54, 1.807) is 18.0 Å². The van der Waals surface area contributed by atoms with Crippen LogP contribution >= 0.6 is 23.1 Å². The molecule has 0 saturated heterocycles. The van der Waals surface area contributed by atoms with E-state index in [-0.39, 0.29) is 0 Å². The Balaban J connectivity index is 0.000000187. The molecule has 2 aromatic rings. The van der Waals surface area contributed by atoms with Crippen molar-refractivity contribution < 1.29 is 0 Å². The molecule has 0 saturated carbocycles. The largest absolute Gasteiger partial charge is 0.272 e. The van der Waals surface area contributed by atoms with Crippen molar-refractivity contribution in [3.8, 4) is 0 Å². The van der Waals surface area contributed by atoms with Crippen LogP contribution in [0.2, 0.25) is 0 Å². The van der Waals surface area contributed by atoms with Crippen LogP contribution in [0.25, 0.3) is 10.1 Å². The highest BCUT2D eigenvalue weighted by Crippen LogP contribution is 2.24. The summed E-state index contributed by atoms with van der Waals surface area (Å²) in [5, 5.41) is 3.59. The minimum absolute atomic E-state index is 0.998. The average Bonchev–Trinajstić information content (AvgIpc) is 2.79. The highest BCUT2D eigenvalue weighted by molar-refractivity contribution is 8.02. The zero-order valence-corrected chi connectivity index (χ0v) is 12.4. The Hall–Kier alpha value is -1.32. The lowest BCUT2D eigenvalue weighted by atomic mass is 10.2. The first-order chi connectivity index (χ1) is 8.69. The fraction of sp³-hybridized carbons (Fsp3) is 0.133. The van der Waals surface area contributed by atoms with Gasteiger partial charge in [-0.1, -0.05) is 24.8 Å². The molecule has 1 nitrogen and oxygen atoms in total. The van der Waals surface area contributed by atoms with Gasteiger partial charge in [0.25, 0.3) is 0 Å². The molecule has 0 unspecified atom stereocenters. The van der Waals surface area contributed by atoms with Crippen molar-refractivity contribution in [3.63, 3.8) is 0 Å². The number of thioether (sulfide) groups is 1. The molecular weight excluding hydrogens is 258 g/mol. The molecule has 0 aliphatic heterocycles. The monoisotopic (exact) mass is 275 g/mol. The lowest BCUT2D eigenvalue weighted by Gasteiger charge is -1.86. The summed E-state index contributed by atoms with van der Waals surface area (Å²) >= 11 is 3.41. The van der Waals surface area contributed by atoms with Crippen molar-refractivity contribution in [1.29, 1.82) is 0 Å². The van der Waals surface area contributed by atoms with Crippen molar-refractivity contribution in [1.82, 2.24) is 0 Å². The van der Waals surface area contributed by atoms with Gasteiger partial charge < -0.3 is 0 Å². The molecule has 0 N–H and O–H groups in total. The second-order valence-corrected chi connectivity index (χ2v) is 5.43. The number of benzene rings is 1. The van der Waals surface area contributed by atoms with Gasteiger partial charge in [0.05, 0.1) is 0 Å². The Morgan fingerprint density at radius 1 is 1.39 bits per heavy atom. The van der Waals surface area contributed by atoms with Crippen LogP contribution in [0, 0.1) is 6.92 Å². The van der Waals surface area contributed by atoms with Crippen LogP contribution in [0.3, 0.4) is 0 Å². The summed E-state index contributed by atoms with van der Waals surface area (Å²) in [5.74, 6) is 0. The van der Waals surface area contributed by atoms with Gasteiger partial charge in [-0.25, -0.2) is 0 Å². The minimum atomic E-state index is 0.998. The van der Waals surface area contributed by atoms with Gasteiger partial charge in [0.15, 0.2) is 0 Å². The second kappa shape index (κ2) is 7.90. The van der Waals surface area contributed by atoms with Crippen molar-refractivity contribution in [2.75, 3.05) is 6.26 Å². The summed E-state index contributed by atoms with van der Waals surface area (Å²) in [5.41, 5.74) is 1.39. The topological polar surface area (TPSA) is 12.4 Å². The van der Waals surface area contributed by atoms with Gasteiger partial charge >= 0.3 is 0 Å². The molecular formula is C15H17NS2. The molecule has 0 radical (unpaired) electrons. The van der Waals surface area contributed by atoms with E-state index < -0.39 is 0 Å². The summed E-state index contributed by atoms with van der Waals surface area (Å²) < 4.78 is 1.39. The number of thiophene rings is 1. The van der Waals surface area contributed by atoms with Crippen LogP contribution in [0.4, 0.5) is 0 Å². The van der Waals surface area contributed by atoms with E-state index in [1.165, 1.54) is 15.6 Å². The maximum Gasteiger partial charge on any atom is 0.0345 e. The third-order valence-corrected chi connectivity index (χ3v) is 4.04. The molecule has 0 atom stereocenters. The summed E-state index contributed by atoms with van der Waals surface area (Å²) in [7, 11) is 0. The van der Waals surface area contributed by atoms with Gasteiger partial charge in [-0.05, 0) is 48.4 Å². The molecule has 18 heavy (non-hydrogen) atoms. The Labute approximate surface area is 117 Å². The maximum atomic E-state index is 3.70. The molecule has 0 bridgehead atoms. The van der Waals surface area contributed by atoms with E-state index in [0.29, 0.717) is 0 Å². The lowest BCUT2D eigenvalue weighted by molar-refractivity contribution is 1.60. The zero-order valence-electron chi connectivity index (χ0n) is 10.7. The minimum Gasteiger partial charge on any atom is -0.272 e. The number of allylic oxidation sites excluding steroid dienone is 1. The van der Waals surface area contributed by atoms with Gasteiger partial charge in [0, 0.05) is 15.8 Å². The van der Waals surface area contributed by atoms with E-state index in [1.807, 2.05) is 23.7 Å². The van der Waals surface area contributed by atoms with Gasteiger partial charge in [0.2, 0.25) is 0 Å². The fourth-order valence-corrected chi connectivity index (χ4v) is 2.46. The number of hydrogen-bond acceptors (Lipinski definition) is 3. The van der Waals surface area contributed by atoms with Crippen molar-refractivity contribution in [2.45, 2.75) is 6.92 Å². The van der Waals surface area contributed by atoms with E-state index in [9.17, 15) is 0 Å². The Morgan fingerprint density at radius 2 is 2.11 bits per heavy atom. The van der Waals surface area contributed by atoms with Gasteiger partial charge in [-0.3, -0.25) is 4.99 Å². The summed E-state index contributed by atoms with van der Waals surface area (Å²) in [6.45, 7) is 9.13. The second-order valence-electron chi connectivity index (χ2n) is 3.58. The van der Waals surface area contributed by atoms with Crippen molar-refractivity contribution in [3.05, 3.63) is 59.0 Å². The Bertz CT molecular complexity index is 552. The summed E-state index contributed by atoms with van der Waals surface area (Å²) in [6.07, 6.45) is 5.41. The number of fused-ring (bicyclic) bond motifs is 1. The number of aliphatic imine (C=N–C) groups is 1. The number of hydrogen-bond donors (Lipinski definition) is 0. The highest BCUT2D eigenvalue weighted by atomic mass is 32.2. The van der Waals surface area contributed by atoms with Crippen LogP contribution in [0.1, 0.15) is 5.56 Å². The molecule has 94 valence electrons. The summed E-state index contributed by atoms with van der Waals surface area (Å²) in [6, 6.07) is 8.49. The molecule has 0 aliphatic carbocycles. The van der Waals surface area contributed by atoms with Crippen LogP contribution in [-0.4, -0.2) is 13.0 Å². The first-order valence-electron chi connectivity index (χ1n) is 5.47. The number of nitrogens with zero attached hydrogens (tertiary/aromatic N) is 1. The fourth-order valence-electron chi connectivity index (χ4n) is 1.31. The summed E-state index contributed by atoms with van der Waals surface area (Å²) in [4.78, 5) is 4.52. The third kappa shape index (κ3) is 4.51. The first-order valence-corrected chi connectivity index (χ1v) is 7.57. The normalized spacial score (nSPS) is 10.1. The van der Waals surface area contributed by atoms with Gasteiger partial charge in [-0.2, -0.15) is 0 Å². The standard InChI is InChI=1S/C9H8S.C6H9NS/c1-7-6-10-9-5-3-2-4-8(7)9;1-6(8-3)4-5-7-2/h2-6H,1H3;4-5H,1-2H2,3H3/b;5-4-. The van der Waals surface area contributed by atoms with E-state index in [4.69, 9.17) is 0 Å². The Morgan fingerprint density at radius 3 is 2.72 bits per heavy atom. The number of aryl methyl sites for hydroxylation is 1. The predicted molar refractivity (Wildman–Crippen MR) is 87.9 cm³/mol.